The highest BCUT2D eigenvalue weighted by Gasteiger charge is 2.24. The highest BCUT2D eigenvalue weighted by Crippen LogP contribution is 2.31. The number of ether oxygens (including phenoxy) is 1. The third kappa shape index (κ3) is 4.58. The van der Waals surface area contributed by atoms with E-state index in [4.69, 9.17) is 9.72 Å². The predicted octanol–water partition coefficient (Wildman–Crippen LogP) is 3.60. The molecule has 0 saturated carbocycles. The molecule has 0 radical (unpaired) electrons. The SMILES string of the molecule is CCN(CC)C(=O)Cn1cc(-c2nc3ccc(C(=O)OC)cc3n(C3CCNCC3)c2=O)c2ccccc21. The number of benzene rings is 2. The van der Waals surface area contributed by atoms with Gasteiger partial charge in [0.15, 0.2) is 0 Å². The molecule has 0 spiro atoms. The Kier molecular flexibility index (Phi) is 7.28. The number of nitrogens with zero attached hydrogens (tertiary/aromatic N) is 4. The van der Waals surface area contributed by atoms with Gasteiger partial charge in [0.05, 0.1) is 23.7 Å². The number of nitrogens with one attached hydrogen (secondary N) is 1. The van der Waals surface area contributed by atoms with Gasteiger partial charge in [-0.3, -0.25) is 9.59 Å². The van der Waals surface area contributed by atoms with Gasteiger partial charge in [0.25, 0.3) is 5.56 Å². The summed E-state index contributed by atoms with van der Waals surface area (Å²) in [6.07, 6.45) is 3.46. The van der Waals surface area contributed by atoms with Crippen LogP contribution in [0.2, 0.25) is 0 Å². The van der Waals surface area contributed by atoms with E-state index >= 15 is 0 Å². The van der Waals surface area contributed by atoms with E-state index in [0.29, 0.717) is 40.9 Å². The minimum absolute atomic E-state index is 0.0243. The van der Waals surface area contributed by atoms with Crippen molar-refractivity contribution in [3.63, 3.8) is 0 Å². The smallest absolute Gasteiger partial charge is 0.337 e. The molecule has 9 nitrogen and oxygen atoms in total. The number of esters is 1. The summed E-state index contributed by atoms with van der Waals surface area (Å²) < 4.78 is 8.63. The van der Waals surface area contributed by atoms with Gasteiger partial charge in [-0.05, 0) is 64.0 Å². The first-order valence-electron chi connectivity index (χ1n) is 13.2. The molecule has 1 amide bonds. The van der Waals surface area contributed by atoms with Crippen molar-refractivity contribution in [1.82, 2.24) is 24.3 Å². The normalized spacial score (nSPS) is 14.2. The largest absolute Gasteiger partial charge is 0.465 e. The number of aromatic nitrogens is 3. The standard InChI is InChI=1S/C29H33N5O4/c1-4-32(5-2)26(35)18-33-17-22(21-8-6-7-9-24(21)33)27-28(36)34(20-12-14-30-15-13-20)25-16-19(29(37)38-3)10-11-23(25)31-27/h6-11,16-17,20,30H,4-5,12-15,18H2,1-3H3. The third-order valence-corrected chi connectivity index (χ3v) is 7.45. The fraction of sp³-hybridized carbons (Fsp3) is 0.379. The van der Waals surface area contributed by atoms with E-state index in [1.54, 1.807) is 27.7 Å². The van der Waals surface area contributed by atoms with Crippen molar-refractivity contribution in [2.45, 2.75) is 39.3 Å². The first-order chi connectivity index (χ1) is 18.5. The van der Waals surface area contributed by atoms with E-state index in [2.05, 4.69) is 5.32 Å². The summed E-state index contributed by atoms with van der Waals surface area (Å²) in [6, 6.07) is 12.9. The molecule has 4 aromatic rings. The van der Waals surface area contributed by atoms with Crippen LogP contribution in [0.3, 0.4) is 0 Å². The third-order valence-electron chi connectivity index (χ3n) is 7.45. The van der Waals surface area contributed by atoms with Gasteiger partial charge in [0.1, 0.15) is 12.2 Å². The van der Waals surface area contributed by atoms with Crippen molar-refractivity contribution >= 4 is 33.8 Å². The fourth-order valence-electron chi connectivity index (χ4n) is 5.44. The minimum atomic E-state index is -0.457. The summed E-state index contributed by atoms with van der Waals surface area (Å²) in [7, 11) is 1.34. The summed E-state index contributed by atoms with van der Waals surface area (Å²) in [5.41, 5.74) is 3.33. The van der Waals surface area contributed by atoms with Gasteiger partial charge < -0.3 is 24.1 Å². The molecule has 1 aliphatic rings. The Hall–Kier alpha value is -3.98. The molecule has 3 heterocycles. The molecule has 2 aromatic carbocycles. The van der Waals surface area contributed by atoms with Crippen LogP contribution in [0.25, 0.3) is 33.2 Å². The van der Waals surface area contributed by atoms with Crippen molar-refractivity contribution < 1.29 is 14.3 Å². The number of fused-ring (bicyclic) bond motifs is 2. The van der Waals surface area contributed by atoms with Crippen molar-refractivity contribution in [2.24, 2.45) is 0 Å². The number of amides is 1. The summed E-state index contributed by atoms with van der Waals surface area (Å²) in [5, 5.41) is 4.22. The van der Waals surface area contributed by atoms with E-state index in [9.17, 15) is 14.4 Å². The van der Waals surface area contributed by atoms with Gasteiger partial charge in [-0.2, -0.15) is 0 Å². The quantitative estimate of drug-likeness (QED) is 0.378. The first kappa shape index (κ1) is 25.7. The number of hydrogen-bond donors (Lipinski definition) is 1. The average Bonchev–Trinajstić information content (AvgIpc) is 3.31. The molecule has 2 aromatic heterocycles. The molecule has 9 heteroatoms. The maximum Gasteiger partial charge on any atom is 0.337 e. The van der Waals surface area contributed by atoms with Gasteiger partial charge in [-0.25, -0.2) is 9.78 Å². The fourth-order valence-corrected chi connectivity index (χ4v) is 5.44. The lowest BCUT2D eigenvalue weighted by Gasteiger charge is -2.26. The number of para-hydroxylation sites is 1. The zero-order valence-corrected chi connectivity index (χ0v) is 22.1. The van der Waals surface area contributed by atoms with Gasteiger partial charge in [0, 0.05) is 41.8 Å². The van der Waals surface area contributed by atoms with Crippen molar-refractivity contribution in [2.75, 3.05) is 33.3 Å². The summed E-state index contributed by atoms with van der Waals surface area (Å²) in [4.78, 5) is 46.0. The zero-order valence-electron chi connectivity index (χ0n) is 22.1. The molecule has 0 aliphatic carbocycles. The molecule has 0 atom stereocenters. The van der Waals surface area contributed by atoms with Crippen LogP contribution in [0.15, 0.2) is 53.5 Å². The Morgan fingerprint density at radius 1 is 1.08 bits per heavy atom. The lowest BCUT2D eigenvalue weighted by atomic mass is 10.0. The zero-order chi connectivity index (χ0) is 26.8. The molecule has 1 aliphatic heterocycles. The van der Waals surface area contributed by atoms with E-state index < -0.39 is 5.97 Å². The van der Waals surface area contributed by atoms with E-state index in [-0.39, 0.29) is 24.1 Å². The van der Waals surface area contributed by atoms with Crippen LogP contribution < -0.4 is 10.9 Å². The van der Waals surface area contributed by atoms with Crippen LogP contribution in [0.1, 0.15) is 43.1 Å². The van der Waals surface area contributed by atoms with Crippen LogP contribution in [0.5, 0.6) is 0 Å². The Balaban J connectivity index is 1.72. The number of rotatable bonds is 7. The minimum Gasteiger partial charge on any atom is -0.465 e. The number of likely N-dealkylation sites (N-methyl/N-ethyl adjacent to an activating group) is 1. The van der Waals surface area contributed by atoms with Gasteiger partial charge in [-0.1, -0.05) is 18.2 Å². The van der Waals surface area contributed by atoms with Crippen LogP contribution in [0, 0.1) is 0 Å². The van der Waals surface area contributed by atoms with E-state index in [0.717, 1.165) is 36.8 Å². The second kappa shape index (κ2) is 10.8. The van der Waals surface area contributed by atoms with Gasteiger partial charge in [-0.15, -0.1) is 0 Å². The molecule has 1 saturated heterocycles. The Morgan fingerprint density at radius 3 is 2.53 bits per heavy atom. The highest BCUT2D eigenvalue weighted by atomic mass is 16.5. The number of piperidine rings is 1. The maximum absolute atomic E-state index is 14.2. The molecule has 38 heavy (non-hydrogen) atoms. The average molecular weight is 516 g/mol. The monoisotopic (exact) mass is 515 g/mol. The molecule has 198 valence electrons. The second-order valence-electron chi connectivity index (χ2n) is 9.57. The molecule has 0 bridgehead atoms. The lowest BCUT2D eigenvalue weighted by Crippen LogP contribution is -2.35. The van der Waals surface area contributed by atoms with Crippen molar-refractivity contribution in [1.29, 1.82) is 0 Å². The van der Waals surface area contributed by atoms with Crippen LogP contribution in [-0.2, 0) is 16.1 Å². The molecule has 1 fully saturated rings. The summed E-state index contributed by atoms with van der Waals surface area (Å²) in [5.74, 6) is -0.433. The van der Waals surface area contributed by atoms with Crippen LogP contribution in [0.4, 0.5) is 0 Å². The number of carbonyl (C=O) groups excluding carboxylic acids is 2. The highest BCUT2D eigenvalue weighted by molar-refractivity contribution is 5.97. The van der Waals surface area contributed by atoms with Gasteiger partial charge in [0.2, 0.25) is 5.91 Å². The second-order valence-corrected chi connectivity index (χ2v) is 9.57. The van der Waals surface area contributed by atoms with Gasteiger partial charge >= 0.3 is 5.97 Å². The Morgan fingerprint density at radius 2 is 1.82 bits per heavy atom. The number of hydrogen-bond acceptors (Lipinski definition) is 6. The molecular formula is C29H33N5O4. The topological polar surface area (TPSA) is 98.5 Å². The molecule has 1 N–H and O–H groups in total. The van der Waals surface area contributed by atoms with Crippen molar-refractivity contribution in [3.8, 4) is 11.3 Å². The predicted molar refractivity (Wildman–Crippen MR) is 147 cm³/mol. The first-order valence-corrected chi connectivity index (χ1v) is 13.2. The Bertz CT molecular complexity index is 1560. The van der Waals surface area contributed by atoms with Crippen LogP contribution in [-0.4, -0.2) is 64.2 Å². The lowest BCUT2D eigenvalue weighted by molar-refractivity contribution is -0.131. The Labute approximate surface area is 221 Å². The molecular weight excluding hydrogens is 482 g/mol. The number of methoxy groups -OCH3 is 1. The summed E-state index contributed by atoms with van der Waals surface area (Å²) in [6.45, 7) is 7.01. The van der Waals surface area contributed by atoms with E-state index in [1.807, 2.05) is 48.9 Å². The molecule has 0 unspecified atom stereocenters. The van der Waals surface area contributed by atoms with Crippen LogP contribution >= 0.6 is 0 Å². The van der Waals surface area contributed by atoms with E-state index in [1.165, 1.54) is 7.11 Å². The number of carbonyl (C=O) groups is 2. The van der Waals surface area contributed by atoms with Crippen molar-refractivity contribution in [3.05, 3.63) is 64.6 Å². The summed E-state index contributed by atoms with van der Waals surface area (Å²) >= 11 is 0. The maximum atomic E-state index is 14.2. The molecule has 5 rings (SSSR count).